The molecule has 1 aliphatic heterocycles. The molecular formula is C26H24BNO3. The second-order valence-corrected chi connectivity index (χ2v) is 9.37. The predicted octanol–water partition coefficient (Wildman–Crippen LogP) is 6.03. The second kappa shape index (κ2) is 6.25. The number of hydrogen-bond donors (Lipinski definition) is 1. The van der Waals surface area contributed by atoms with E-state index in [4.69, 9.17) is 13.7 Å². The molecule has 0 saturated carbocycles. The lowest BCUT2D eigenvalue weighted by Crippen LogP contribution is -2.41. The van der Waals surface area contributed by atoms with Gasteiger partial charge in [-0.05, 0) is 51.5 Å². The zero-order chi connectivity index (χ0) is 21.4. The van der Waals surface area contributed by atoms with E-state index in [1.165, 1.54) is 0 Å². The van der Waals surface area contributed by atoms with Crippen molar-refractivity contribution in [2.45, 2.75) is 38.9 Å². The smallest absolute Gasteiger partial charge is 0.456 e. The second-order valence-electron chi connectivity index (χ2n) is 9.37. The highest BCUT2D eigenvalue weighted by atomic mass is 16.7. The van der Waals surface area contributed by atoms with Gasteiger partial charge in [0, 0.05) is 32.8 Å². The van der Waals surface area contributed by atoms with Gasteiger partial charge in [-0.1, -0.05) is 48.5 Å². The summed E-state index contributed by atoms with van der Waals surface area (Å²) in [6, 6.07) is 23.0. The van der Waals surface area contributed by atoms with E-state index in [-0.39, 0.29) is 0 Å². The molecule has 0 aliphatic carbocycles. The van der Waals surface area contributed by atoms with Crippen LogP contribution in [0.1, 0.15) is 27.7 Å². The van der Waals surface area contributed by atoms with Crippen LogP contribution in [0.2, 0.25) is 0 Å². The van der Waals surface area contributed by atoms with E-state index in [1.807, 2.05) is 18.2 Å². The Bertz CT molecular complexity index is 1430. The lowest BCUT2D eigenvalue weighted by Gasteiger charge is -2.32. The van der Waals surface area contributed by atoms with Crippen LogP contribution in [0, 0.1) is 0 Å². The Morgan fingerprint density at radius 1 is 0.710 bits per heavy atom. The summed E-state index contributed by atoms with van der Waals surface area (Å²) in [6.07, 6.45) is 0. The number of aromatic nitrogens is 1. The number of fused-ring (bicyclic) bond motifs is 5. The molecule has 3 heterocycles. The van der Waals surface area contributed by atoms with Crippen LogP contribution in [0.5, 0.6) is 0 Å². The van der Waals surface area contributed by atoms with Crippen molar-refractivity contribution >= 4 is 45.4 Å². The Labute approximate surface area is 181 Å². The standard InChI is InChI=1S/C26H24BNO3/c1-25(2)26(3,4)31-27(30-25)20-12-8-11-17-18-13-14-21-19(23(18)29-24(17)20)15-22(28-21)16-9-6-5-7-10-16/h5-15,28H,1-4H3. The molecule has 6 rings (SSSR count). The number of benzene rings is 3. The van der Waals surface area contributed by atoms with Crippen molar-refractivity contribution in [3.63, 3.8) is 0 Å². The third-order valence-corrected chi connectivity index (χ3v) is 6.89. The average Bonchev–Trinajstić information content (AvgIpc) is 3.40. The van der Waals surface area contributed by atoms with Crippen LogP contribution in [-0.2, 0) is 9.31 Å². The molecule has 1 fully saturated rings. The van der Waals surface area contributed by atoms with E-state index >= 15 is 0 Å². The lowest BCUT2D eigenvalue weighted by atomic mass is 9.78. The Kier molecular flexibility index (Phi) is 3.78. The number of rotatable bonds is 2. The number of para-hydroxylation sites is 1. The van der Waals surface area contributed by atoms with Gasteiger partial charge in [-0.15, -0.1) is 0 Å². The first-order valence-corrected chi connectivity index (χ1v) is 10.7. The summed E-state index contributed by atoms with van der Waals surface area (Å²) < 4.78 is 19.1. The molecule has 0 radical (unpaired) electrons. The SMILES string of the molecule is CC1(C)OB(c2cccc3c2oc2c4cc(-c5ccccc5)[nH]c4ccc32)OC1(C)C. The van der Waals surface area contributed by atoms with Gasteiger partial charge in [0.25, 0.3) is 0 Å². The first kappa shape index (κ1) is 18.7. The van der Waals surface area contributed by atoms with Crippen molar-refractivity contribution in [2.24, 2.45) is 0 Å². The molecule has 0 bridgehead atoms. The fraction of sp³-hybridized carbons (Fsp3) is 0.231. The van der Waals surface area contributed by atoms with Gasteiger partial charge < -0.3 is 18.7 Å². The first-order valence-electron chi connectivity index (χ1n) is 10.7. The van der Waals surface area contributed by atoms with Crippen molar-refractivity contribution in [3.8, 4) is 11.3 Å². The topological polar surface area (TPSA) is 47.4 Å². The maximum absolute atomic E-state index is 6.51. The third kappa shape index (κ3) is 2.70. The summed E-state index contributed by atoms with van der Waals surface area (Å²) in [5.41, 5.74) is 5.13. The fourth-order valence-corrected chi connectivity index (χ4v) is 4.41. The Morgan fingerprint density at radius 3 is 2.16 bits per heavy atom. The molecule has 154 valence electrons. The van der Waals surface area contributed by atoms with Crippen LogP contribution in [0.15, 0.2) is 71.1 Å². The quantitative estimate of drug-likeness (QED) is 0.362. The van der Waals surface area contributed by atoms with Crippen molar-refractivity contribution in [2.75, 3.05) is 0 Å². The number of nitrogens with one attached hydrogen (secondary N) is 1. The van der Waals surface area contributed by atoms with E-state index in [1.54, 1.807) is 0 Å². The van der Waals surface area contributed by atoms with Crippen molar-refractivity contribution in [1.29, 1.82) is 0 Å². The highest BCUT2D eigenvalue weighted by molar-refractivity contribution is 6.65. The third-order valence-electron chi connectivity index (χ3n) is 6.89. The summed E-state index contributed by atoms with van der Waals surface area (Å²) in [7, 11) is -0.462. The molecule has 3 aromatic carbocycles. The summed E-state index contributed by atoms with van der Waals surface area (Å²) in [6.45, 7) is 8.28. The van der Waals surface area contributed by atoms with Crippen LogP contribution >= 0.6 is 0 Å². The van der Waals surface area contributed by atoms with Crippen molar-refractivity contribution in [3.05, 3.63) is 66.7 Å². The molecule has 0 atom stereocenters. The largest absolute Gasteiger partial charge is 0.498 e. The highest BCUT2D eigenvalue weighted by Crippen LogP contribution is 2.39. The van der Waals surface area contributed by atoms with E-state index < -0.39 is 18.3 Å². The minimum absolute atomic E-state index is 0.398. The highest BCUT2D eigenvalue weighted by Gasteiger charge is 2.52. The van der Waals surface area contributed by atoms with Crippen LogP contribution in [-0.4, -0.2) is 23.3 Å². The van der Waals surface area contributed by atoms with Gasteiger partial charge in [-0.2, -0.15) is 0 Å². The first-order chi connectivity index (χ1) is 14.8. The summed E-state index contributed by atoms with van der Waals surface area (Å²) >= 11 is 0. The lowest BCUT2D eigenvalue weighted by molar-refractivity contribution is 0.00578. The fourth-order valence-electron chi connectivity index (χ4n) is 4.41. The Hall–Kier alpha value is -3.02. The average molecular weight is 409 g/mol. The van der Waals surface area contributed by atoms with Gasteiger partial charge in [-0.25, -0.2) is 0 Å². The molecule has 2 aromatic heterocycles. The number of furan rings is 1. The van der Waals surface area contributed by atoms with E-state index in [2.05, 4.69) is 81.2 Å². The molecule has 0 spiro atoms. The summed E-state index contributed by atoms with van der Waals surface area (Å²) in [5, 5.41) is 3.25. The van der Waals surface area contributed by atoms with Gasteiger partial charge in [0.2, 0.25) is 0 Å². The molecule has 4 nitrogen and oxygen atoms in total. The van der Waals surface area contributed by atoms with Crippen LogP contribution < -0.4 is 5.46 Å². The predicted molar refractivity (Wildman–Crippen MR) is 127 cm³/mol. The molecule has 0 unspecified atom stereocenters. The minimum atomic E-state index is -0.462. The molecule has 31 heavy (non-hydrogen) atoms. The number of H-pyrrole nitrogens is 1. The van der Waals surface area contributed by atoms with Gasteiger partial charge >= 0.3 is 7.12 Å². The Morgan fingerprint density at radius 2 is 1.42 bits per heavy atom. The Balaban J connectivity index is 1.55. The number of aromatic amines is 1. The molecule has 0 amide bonds. The molecule has 5 heteroatoms. The van der Waals surface area contributed by atoms with Crippen molar-refractivity contribution in [1.82, 2.24) is 4.98 Å². The molecule has 1 aliphatic rings. The van der Waals surface area contributed by atoms with Gasteiger partial charge in [0.15, 0.2) is 0 Å². The van der Waals surface area contributed by atoms with Crippen LogP contribution in [0.4, 0.5) is 0 Å². The van der Waals surface area contributed by atoms with Gasteiger partial charge in [0.1, 0.15) is 11.2 Å². The minimum Gasteiger partial charge on any atom is -0.456 e. The summed E-state index contributed by atoms with van der Waals surface area (Å²) in [4.78, 5) is 3.53. The molecular weight excluding hydrogens is 385 g/mol. The van der Waals surface area contributed by atoms with E-state index in [9.17, 15) is 0 Å². The van der Waals surface area contributed by atoms with E-state index in [0.29, 0.717) is 0 Å². The maximum Gasteiger partial charge on any atom is 0.498 e. The van der Waals surface area contributed by atoms with Gasteiger partial charge in [-0.3, -0.25) is 0 Å². The van der Waals surface area contributed by atoms with E-state index in [0.717, 1.165) is 49.6 Å². The van der Waals surface area contributed by atoms with Crippen LogP contribution in [0.3, 0.4) is 0 Å². The monoisotopic (exact) mass is 409 g/mol. The van der Waals surface area contributed by atoms with Gasteiger partial charge in [0.05, 0.1) is 11.2 Å². The zero-order valence-corrected chi connectivity index (χ0v) is 18.2. The maximum atomic E-state index is 6.51. The normalized spacial score (nSPS) is 17.9. The number of hydrogen-bond acceptors (Lipinski definition) is 3. The molecule has 5 aromatic rings. The van der Waals surface area contributed by atoms with Crippen LogP contribution in [0.25, 0.3) is 44.1 Å². The molecule has 1 N–H and O–H groups in total. The summed E-state index contributed by atoms with van der Waals surface area (Å²) in [5.74, 6) is 0. The zero-order valence-electron chi connectivity index (χ0n) is 18.2. The van der Waals surface area contributed by atoms with Crippen molar-refractivity contribution < 1.29 is 13.7 Å². The molecule has 1 saturated heterocycles.